The van der Waals surface area contributed by atoms with Gasteiger partial charge in [0.1, 0.15) is 5.03 Å². The third-order valence-corrected chi connectivity index (χ3v) is 4.78. The van der Waals surface area contributed by atoms with E-state index in [-0.39, 0.29) is 11.7 Å². The molecular formula is C18H13Cl2N3OS. The smallest absolute Gasteiger partial charge is 0.234 e. The molecule has 7 heteroatoms. The third kappa shape index (κ3) is 4.95. The molecular weight excluding hydrogens is 377 g/mol. The van der Waals surface area contributed by atoms with Crippen LogP contribution >= 0.6 is 35.0 Å². The number of carbonyl (C=O) groups is 1. The zero-order valence-corrected chi connectivity index (χ0v) is 15.3. The quantitative estimate of drug-likeness (QED) is 0.610. The van der Waals surface area contributed by atoms with Crippen molar-refractivity contribution in [2.24, 2.45) is 0 Å². The number of benzene rings is 2. The molecule has 25 heavy (non-hydrogen) atoms. The molecule has 126 valence electrons. The number of aromatic nitrogens is 2. The van der Waals surface area contributed by atoms with Crippen molar-refractivity contribution in [3.8, 4) is 11.3 Å². The van der Waals surface area contributed by atoms with E-state index in [9.17, 15) is 4.79 Å². The first kappa shape index (κ1) is 17.7. The van der Waals surface area contributed by atoms with E-state index in [1.54, 1.807) is 24.3 Å². The van der Waals surface area contributed by atoms with Crippen molar-refractivity contribution in [3.05, 3.63) is 70.7 Å². The van der Waals surface area contributed by atoms with Gasteiger partial charge in [-0.25, -0.2) is 0 Å². The summed E-state index contributed by atoms with van der Waals surface area (Å²) in [5.41, 5.74) is 2.28. The molecule has 0 atom stereocenters. The van der Waals surface area contributed by atoms with E-state index in [1.165, 1.54) is 11.8 Å². The van der Waals surface area contributed by atoms with Crippen LogP contribution in [0, 0.1) is 0 Å². The first-order valence-corrected chi connectivity index (χ1v) is 9.13. The lowest BCUT2D eigenvalue weighted by Crippen LogP contribution is -2.14. The van der Waals surface area contributed by atoms with E-state index in [2.05, 4.69) is 15.5 Å². The summed E-state index contributed by atoms with van der Waals surface area (Å²) in [6.45, 7) is 0. The van der Waals surface area contributed by atoms with Crippen LogP contribution in [0.1, 0.15) is 0 Å². The molecule has 4 nitrogen and oxygen atoms in total. The highest BCUT2D eigenvalue weighted by Crippen LogP contribution is 2.23. The molecule has 3 aromatic rings. The van der Waals surface area contributed by atoms with Gasteiger partial charge in [0.05, 0.1) is 22.2 Å². The summed E-state index contributed by atoms with van der Waals surface area (Å²) in [7, 11) is 0. The zero-order chi connectivity index (χ0) is 17.6. The van der Waals surface area contributed by atoms with E-state index in [4.69, 9.17) is 23.2 Å². The van der Waals surface area contributed by atoms with Gasteiger partial charge in [0.25, 0.3) is 0 Å². The number of thioether (sulfide) groups is 1. The minimum Gasteiger partial charge on any atom is -0.324 e. The molecule has 0 unspecified atom stereocenters. The molecule has 1 heterocycles. The van der Waals surface area contributed by atoms with Crippen molar-refractivity contribution in [1.82, 2.24) is 10.2 Å². The number of nitrogens with one attached hydrogen (secondary N) is 1. The average Bonchev–Trinajstić information content (AvgIpc) is 2.63. The first-order chi connectivity index (χ1) is 12.1. The molecule has 1 N–H and O–H groups in total. The monoisotopic (exact) mass is 389 g/mol. The predicted molar refractivity (Wildman–Crippen MR) is 103 cm³/mol. The lowest BCUT2D eigenvalue weighted by molar-refractivity contribution is -0.113. The van der Waals surface area contributed by atoms with Crippen LogP contribution in [-0.2, 0) is 4.79 Å². The van der Waals surface area contributed by atoms with E-state index in [0.29, 0.717) is 20.8 Å². The largest absolute Gasteiger partial charge is 0.324 e. The van der Waals surface area contributed by atoms with Crippen LogP contribution < -0.4 is 5.32 Å². The highest BCUT2D eigenvalue weighted by atomic mass is 35.5. The van der Waals surface area contributed by atoms with E-state index in [0.717, 1.165) is 11.3 Å². The molecule has 0 aliphatic carbocycles. The number of amides is 1. The van der Waals surface area contributed by atoms with Gasteiger partial charge in [-0.05, 0) is 36.4 Å². The summed E-state index contributed by atoms with van der Waals surface area (Å²) in [5.74, 6) is 0.0712. The Labute approximate surface area is 159 Å². The normalized spacial score (nSPS) is 10.5. The Hall–Kier alpha value is -2.08. The maximum Gasteiger partial charge on any atom is 0.234 e. The van der Waals surface area contributed by atoms with Gasteiger partial charge in [-0.2, -0.15) is 0 Å². The van der Waals surface area contributed by atoms with Gasteiger partial charge in [0.15, 0.2) is 0 Å². The van der Waals surface area contributed by atoms with Crippen LogP contribution in [-0.4, -0.2) is 21.9 Å². The van der Waals surface area contributed by atoms with Gasteiger partial charge in [-0.3, -0.25) is 4.79 Å². The minimum absolute atomic E-state index is 0.151. The molecule has 0 saturated heterocycles. The average molecular weight is 390 g/mol. The summed E-state index contributed by atoms with van der Waals surface area (Å²) in [6, 6.07) is 18.2. The Morgan fingerprint density at radius 3 is 2.40 bits per heavy atom. The van der Waals surface area contributed by atoms with Gasteiger partial charge in [0, 0.05) is 10.6 Å². The Morgan fingerprint density at radius 1 is 0.960 bits per heavy atom. The molecule has 1 amide bonds. The number of carbonyl (C=O) groups excluding carboxylic acids is 1. The van der Waals surface area contributed by atoms with Crippen LogP contribution in [0.3, 0.4) is 0 Å². The van der Waals surface area contributed by atoms with E-state index >= 15 is 0 Å². The third-order valence-electron chi connectivity index (χ3n) is 3.28. The van der Waals surface area contributed by atoms with Gasteiger partial charge >= 0.3 is 0 Å². The van der Waals surface area contributed by atoms with Gasteiger partial charge in [0.2, 0.25) is 5.91 Å². The summed E-state index contributed by atoms with van der Waals surface area (Å²) >= 11 is 13.2. The van der Waals surface area contributed by atoms with Crippen LogP contribution in [0.2, 0.25) is 10.0 Å². The second kappa shape index (κ2) is 8.34. The lowest BCUT2D eigenvalue weighted by Gasteiger charge is -2.06. The number of hydrogen-bond acceptors (Lipinski definition) is 4. The second-order valence-electron chi connectivity index (χ2n) is 5.08. The minimum atomic E-state index is -0.151. The summed E-state index contributed by atoms with van der Waals surface area (Å²) in [6.07, 6.45) is 0. The maximum atomic E-state index is 12.0. The van der Waals surface area contributed by atoms with Gasteiger partial charge < -0.3 is 5.32 Å². The zero-order valence-electron chi connectivity index (χ0n) is 12.9. The number of halogens is 2. The summed E-state index contributed by atoms with van der Waals surface area (Å²) in [5, 5.41) is 13.0. The summed E-state index contributed by atoms with van der Waals surface area (Å²) in [4.78, 5) is 12.0. The van der Waals surface area contributed by atoms with Crippen LogP contribution in [0.25, 0.3) is 11.3 Å². The van der Waals surface area contributed by atoms with Crippen LogP contribution in [0.5, 0.6) is 0 Å². The van der Waals surface area contributed by atoms with Crippen LogP contribution in [0.4, 0.5) is 5.69 Å². The second-order valence-corrected chi connectivity index (χ2v) is 6.92. The van der Waals surface area contributed by atoms with Crippen LogP contribution in [0.15, 0.2) is 65.7 Å². The van der Waals surface area contributed by atoms with Gasteiger partial charge in [-0.1, -0.05) is 59.2 Å². The number of nitrogens with zero attached hydrogens (tertiary/aromatic N) is 2. The highest BCUT2D eigenvalue weighted by molar-refractivity contribution is 7.99. The highest BCUT2D eigenvalue weighted by Gasteiger charge is 2.08. The molecule has 1 aromatic heterocycles. The Morgan fingerprint density at radius 2 is 1.72 bits per heavy atom. The molecule has 0 fully saturated rings. The number of hydrogen-bond donors (Lipinski definition) is 1. The van der Waals surface area contributed by atoms with E-state index in [1.807, 2.05) is 36.4 Å². The van der Waals surface area contributed by atoms with Crippen molar-refractivity contribution in [2.75, 3.05) is 11.1 Å². The Kier molecular flexibility index (Phi) is 5.91. The van der Waals surface area contributed by atoms with Crippen molar-refractivity contribution in [1.29, 1.82) is 0 Å². The number of para-hydroxylation sites is 1. The Bertz CT molecular complexity index is 870. The molecule has 3 rings (SSSR count). The van der Waals surface area contributed by atoms with E-state index < -0.39 is 0 Å². The fourth-order valence-corrected chi connectivity index (χ4v) is 2.98. The predicted octanol–water partition coefficient (Wildman–Crippen LogP) is 5.18. The fraction of sp³-hybridized carbons (Fsp3) is 0.0556. The van der Waals surface area contributed by atoms with Crippen molar-refractivity contribution in [3.63, 3.8) is 0 Å². The lowest BCUT2D eigenvalue weighted by atomic mass is 10.1. The first-order valence-electron chi connectivity index (χ1n) is 7.39. The maximum absolute atomic E-state index is 12.0. The Balaban J connectivity index is 1.57. The molecule has 2 aromatic carbocycles. The molecule has 0 spiro atoms. The fourth-order valence-electron chi connectivity index (χ4n) is 2.06. The molecule has 0 saturated carbocycles. The molecule has 0 aliphatic rings. The number of rotatable bonds is 5. The topological polar surface area (TPSA) is 54.9 Å². The van der Waals surface area contributed by atoms with Crippen molar-refractivity contribution < 1.29 is 4.79 Å². The van der Waals surface area contributed by atoms with Crippen molar-refractivity contribution >= 4 is 46.6 Å². The number of anilines is 1. The SMILES string of the molecule is O=C(CSc1ccc(-c2ccc(Cl)cc2)nn1)Nc1ccccc1Cl. The summed E-state index contributed by atoms with van der Waals surface area (Å²) < 4.78 is 0. The van der Waals surface area contributed by atoms with Gasteiger partial charge in [-0.15, -0.1) is 10.2 Å². The molecule has 0 bridgehead atoms. The molecule has 0 radical (unpaired) electrons. The molecule has 0 aliphatic heterocycles. The standard InChI is InChI=1S/C18H13Cl2N3OS/c19-13-7-5-12(6-8-13)15-9-10-18(23-22-15)25-11-17(24)21-16-4-2-1-3-14(16)20/h1-10H,11H2,(H,21,24). The van der Waals surface area contributed by atoms with Crippen molar-refractivity contribution in [2.45, 2.75) is 5.03 Å².